The molecular weight excluding hydrogens is 383 g/mol. The molecule has 1 aromatic carbocycles. The molecule has 0 saturated carbocycles. The van der Waals surface area contributed by atoms with Crippen LogP contribution in [-0.4, -0.2) is 29.5 Å². The van der Waals surface area contributed by atoms with Gasteiger partial charge in [-0.15, -0.1) is 10.2 Å². The van der Waals surface area contributed by atoms with Crippen LogP contribution in [0, 0.1) is 12.7 Å². The topological polar surface area (TPSA) is 82.3 Å². The third-order valence-corrected chi connectivity index (χ3v) is 5.13. The quantitative estimate of drug-likeness (QED) is 0.753. The van der Waals surface area contributed by atoms with Gasteiger partial charge in [-0.05, 0) is 44.4 Å². The molecule has 1 unspecified atom stereocenters. The molecule has 8 heteroatoms. The number of halogens is 2. The number of anilines is 1. The minimum absolute atomic E-state index is 0.139. The Morgan fingerprint density at radius 2 is 2.11 bits per heavy atom. The zero-order chi connectivity index (χ0) is 20.3. The summed E-state index contributed by atoms with van der Waals surface area (Å²) in [5, 5.41) is 11.8. The highest BCUT2D eigenvalue weighted by Crippen LogP contribution is 2.33. The number of nitrogen functional groups attached to an aromatic ring is 1. The molecule has 1 aromatic heterocycles. The van der Waals surface area contributed by atoms with E-state index < -0.39 is 6.10 Å². The Labute approximate surface area is 168 Å². The van der Waals surface area contributed by atoms with E-state index in [1.807, 2.05) is 0 Å². The first-order valence-corrected chi connectivity index (χ1v) is 9.52. The molecule has 1 saturated heterocycles. The molecule has 150 valence electrons. The molecule has 6 nitrogen and oxygen atoms in total. The van der Waals surface area contributed by atoms with Crippen LogP contribution in [0.4, 0.5) is 10.2 Å². The van der Waals surface area contributed by atoms with Gasteiger partial charge in [0.1, 0.15) is 17.6 Å². The van der Waals surface area contributed by atoms with Crippen LogP contribution in [0.5, 0.6) is 5.75 Å². The Morgan fingerprint density at radius 3 is 2.82 bits per heavy atom. The van der Waals surface area contributed by atoms with E-state index in [1.165, 1.54) is 12.1 Å². The fourth-order valence-electron chi connectivity index (χ4n) is 3.21. The number of ether oxygens (including phenoxy) is 2. The van der Waals surface area contributed by atoms with E-state index in [4.69, 9.17) is 26.8 Å². The molecule has 2 aromatic rings. The molecule has 1 fully saturated rings. The van der Waals surface area contributed by atoms with Crippen molar-refractivity contribution in [3.05, 3.63) is 52.4 Å². The van der Waals surface area contributed by atoms with E-state index in [-0.39, 0.29) is 17.7 Å². The molecule has 3 N–H and O–H groups in total. The summed E-state index contributed by atoms with van der Waals surface area (Å²) in [5.74, 6) is 0.136. The summed E-state index contributed by atoms with van der Waals surface area (Å²) in [6.45, 7) is 8.93. The van der Waals surface area contributed by atoms with Gasteiger partial charge in [0.15, 0.2) is 11.6 Å². The number of rotatable bonds is 6. The monoisotopic (exact) mass is 406 g/mol. The Kier molecular flexibility index (Phi) is 6.36. The second-order valence-electron chi connectivity index (χ2n) is 6.82. The van der Waals surface area contributed by atoms with Crippen LogP contribution in [0.15, 0.2) is 24.8 Å². The van der Waals surface area contributed by atoms with Crippen LogP contribution in [-0.2, 0) is 4.74 Å². The van der Waals surface area contributed by atoms with E-state index in [0.29, 0.717) is 33.3 Å². The number of benzene rings is 1. The highest BCUT2D eigenvalue weighted by molar-refractivity contribution is 6.31. The summed E-state index contributed by atoms with van der Waals surface area (Å²) in [6, 6.07) is 4.80. The van der Waals surface area contributed by atoms with Crippen molar-refractivity contribution in [1.29, 1.82) is 0 Å². The third-order valence-electron chi connectivity index (χ3n) is 4.80. The van der Waals surface area contributed by atoms with E-state index in [0.717, 1.165) is 26.1 Å². The second kappa shape index (κ2) is 8.75. The zero-order valence-corrected chi connectivity index (χ0v) is 16.7. The Bertz CT molecular complexity index is 872. The van der Waals surface area contributed by atoms with Crippen molar-refractivity contribution >= 4 is 23.1 Å². The predicted octanol–water partition coefficient (Wildman–Crippen LogP) is 4.04. The number of hydrogen-bond acceptors (Lipinski definition) is 6. The van der Waals surface area contributed by atoms with Crippen LogP contribution >= 0.6 is 11.6 Å². The molecule has 3 rings (SSSR count). The lowest BCUT2D eigenvalue weighted by Crippen LogP contribution is -2.33. The smallest absolute Gasteiger partial charge is 0.188 e. The van der Waals surface area contributed by atoms with Gasteiger partial charge in [0.2, 0.25) is 0 Å². The summed E-state index contributed by atoms with van der Waals surface area (Å²) in [5.41, 5.74) is 8.11. The first-order valence-electron chi connectivity index (χ1n) is 9.14. The maximum atomic E-state index is 13.9. The molecule has 0 bridgehead atoms. The molecule has 2 heterocycles. The fraction of sp³-hybridized carbons (Fsp3) is 0.400. The Hall–Kier alpha value is -2.38. The van der Waals surface area contributed by atoms with Crippen molar-refractivity contribution in [2.45, 2.75) is 38.8 Å². The lowest BCUT2D eigenvalue weighted by Gasteiger charge is -2.25. The minimum Gasteiger partial charge on any atom is -0.482 e. The SMILES string of the molecule is C=C(NC1CCOCC1)c1cc(OC(C)c2c(Cl)ccc(F)c2C)c(N)nn1. The van der Waals surface area contributed by atoms with Crippen molar-refractivity contribution in [3.63, 3.8) is 0 Å². The lowest BCUT2D eigenvalue weighted by molar-refractivity contribution is 0.0818. The maximum Gasteiger partial charge on any atom is 0.188 e. The van der Waals surface area contributed by atoms with E-state index in [2.05, 4.69) is 22.1 Å². The Morgan fingerprint density at radius 1 is 1.39 bits per heavy atom. The van der Waals surface area contributed by atoms with Gasteiger partial charge >= 0.3 is 0 Å². The molecule has 1 aliphatic rings. The first kappa shape index (κ1) is 20.4. The highest BCUT2D eigenvalue weighted by Gasteiger charge is 2.20. The van der Waals surface area contributed by atoms with Crippen LogP contribution in [0.2, 0.25) is 5.02 Å². The van der Waals surface area contributed by atoms with Crippen molar-refractivity contribution in [2.75, 3.05) is 18.9 Å². The highest BCUT2D eigenvalue weighted by atomic mass is 35.5. The van der Waals surface area contributed by atoms with Crippen molar-refractivity contribution < 1.29 is 13.9 Å². The molecule has 0 amide bonds. The fourth-order valence-corrected chi connectivity index (χ4v) is 3.56. The minimum atomic E-state index is -0.528. The normalized spacial score (nSPS) is 15.9. The molecule has 28 heavy (non-hydrogen) atoms. The van der Waals surface area contributed by atoms with Gasteiger partial charge in [0, 0.05) is 35.9 Å². The summed E-state index contributed by atoms with van der Waals surface area (Å²) in [7, 11) is 0. The van der Waals surface area contributed by atoms with Crippen molar-refractivity contribution in [1.82, 2.24) is 15.5 Å². The van der Waals surface area contributed by atoms with E-state index >= 15 is 0 Å². The van der Waals surface area contributed by atoms with Crippen LogP contribution < -0.4 is 15.8 Å². The molecule has 1 atom stereocenters. The van der Waals surface area contributed by atoms with Gasteiger partial charge in [-0.25, -0.2) is 4.39 Å². The largest absolute Gasteiger partial charge is 0.482 e. The average molecular weight is 407 g/mol. The van der Waals surface area contributed by atoms with E-state index in [1.54, 1.807) is 19.9 Å². The average Bonchev–Trinajstić information content (AvgIpc) is 2.67. The van der Waals surface area contributed by atoms with Gasteiger partial charge in [-0.3, -0.25) is 0 Å². The van der Waals surface area contributed by atoms with Gasteiger partial charge in [-0.1, -0.05) is 18.2 Å². The van der Waals surface area contributed by atoms with Gasteiger partial charge in [0.25, 0.3) is 0 Å². The standard InChI is InChI=1S/C20H24ClFN4O2/c1-11-16(22)5-4-15(21)19(11)13(3)28-18-10-17(25-26-20(18)23)12(2)24-14-6-8-27-9-7-14/h4-5,10,13-14,24H,2,6-9H2,1,3H3,(H2,23,26). The van der Waals surface area contributed by atoms with Gasteiger partial charge in [0.05, 0.1) is 5.70 Å². The number of hydrogen-bond donors (Lipinski definition) is 2. The molecular formula is C20H24ClFN4O2. The van der Waals surface area contributed by atoms with Crippen molar-refractivity contribution in [3.8, 4) is 5.75 Å². The van der Waals surface area contributed by atoms with Crippen molar-refractivity contribution in [2.24, 2.45) is 0 Å². The van der Waals surface area contributed by atoms with Gasteiger partial charge in [-0.2, -0.15) is 0 Å². The number of nitrogens with one attached hydrogen (secondary N) is 1. The van der Waals surface area contributed by atoms with Crippen LogP contribution in [0.25, 0.3) is 5.70 Å². The number of nitrogens with two attached hydrogens (primary N) is 1. The summed E-state index contributed by atoms with van der Waals surface area (Å²) in [6.07, 6.45) is 1.28. The molecule has 0 radical (unpaired) electrons. The summed E-state index contributed by atoms with van der Waals surface area (Å²) < 4.78 is 25.3. The van der Waals surface area contributed by atoms with Crippen LogP contribution in [0.1, 0.15) is 42.7 Å². The number of nitrogens with zero attached hydrogens (tertiary/aromatic N) is 2. The molecule has 1 aliphatic heterocycles. The van der Waals surface area contributed by atoms with Gasteiger partial charge < -0.3 is 20.5 Å². The number of aromatic nitrogens is 2. The second-order valence-corrected chi connectivity index (χ2v) is 7.22. The first-order chi connectivity index (χ1) is 13.4. The predicted molar refractivity (Wildman–Crippen MR) is 108 cm³/mol. The lowest BCUT2D eigenvalue weighted by atomic mass is 10.0. The summed E-state index contributed by atoms with van der Waals surface area (Å²) in [4.78, 5) is 0. The van der Waals surface area contributed by atoms with E-state index in [9.17, 15) is 4.39 Å². The molecule has 0 aliphatic carbocycles. The summed E-state index contributed by atoms with van der Waals surface area (Å²) >= 11 is 6.25. The molecule has 0 spiro atoms. The van der Waals surface area contributed by atoms with Crippen LogP contribution in [0.3, 0.4) is 0 Å². The maximum absolute atomic E-state index is 13.9. The third kappa shape index (κ3) is 4.54. The Balaban J connectivity index is 1.78. The zero-order valence-electron chi connectivity index (χ0n) is 16.0.